The molecule has 0 aromatic rings. The Morgan fingerprint density at radius 3 is 2.50 bits per heavy atom. The van der Waals surface area contributed by atoms with Gasteiger partial charge in [-0.25, -0.2) is 0 Å². The predicted molar refractivity (Wildman–Crippen MR) is 48.7 cm³/mol. The molecule has 0 bridgehead atoms. The number of alkyl halides is 3. The molecule has 3 nitrogen and oxygen atoms in total. The molecule has 0 heterocycles. The first-order valence-electron chi connectivity index (χ1n) is 4.07. The smallest absolute Gasteiger partial charge is 0.371 e. The Morgan fingerprint density at radius 2 is 2.00 bits per heavy atom. The van der Waals surface area contributed by atoms with Crippen LogP contribution in [0.4, 0.5) is 13.2 Å². The number of hydrogen-bond donors (Lipinski definition) is 1. The maximum absolute atomic E-state index is 11.6. The summed E-state index contributed by atoms with van der Waals surface area (Å²) in [6, 6.07) is 0. The lowest BCUT2D eigenvalue weighted by Crippen LogP contribution is -2.26. The Balaban J connectivity index is 3.11. The monoisotopic (exact) mass is 233 g/mol. The molecule has 86 valence electrons. The van der Waals surface area contributed by atoms with Crippen molar-refractivity contribution in [3.63, 3.8) is 0 Å². The summed E-state index contributed by atoms with van der Waals surface area (Å²) in [5.74, 6) is 0.499. The van der Waals surface area contributed by atoms with Crippen molar-refractivity contribution in [1.29, 1.82) is 0 Å². The maximum atomic E-state index is 11.6. The average Bonchev–Trinajstić information content (AvgIpc) is 2.00. The van der Waals surface area contributed by atoms with E-state index in [0.717, 1.165) is 0 Å². The molecule has 14 heavy (non-hydrogen) atoms. The molecule has 0 aromatic heterocycles. The van der Waals surface area contributed by atoms with Crippen LogP contribution in [-0.4, -0.2) is 48.7 Å². The van der Waals surface area contributed by atoms with Crippen LogP contribution >= 0.6 is 0 Å². The lowest BCUT2D eigenvalue weighted by Gasteiger charge is -2.07. The second-order valence-electron chi connectivity index (χ2n) is 2.70. The highest BCUT2D eigenvalue weighted by Gasteiger charge is 2.27. The van der Waals surface area contributed by atoms with Crippen LogP contribution in [0.5, 0.6) is 0 Å². The van der Waals surface area contributed by atoms with E-state index in [0.29, 0.717) is 18.8 Å². The van der Waals surface area contributed by atoms with E-state index in [1.54, 1.807) is 6.26 Å². The lowest BCUT2D eigenvalue weighted by molar-refractivity contribution is -0.173. The Labute approximate surface area is 83.5 Å². The highest BCUT2D eigenvalue weighted by molar-refractivity contribution is 7.84. The number of halogens is 3. The molecule has 0 saturated carbocycles. The number of hydrogen-bond acceptors (Lipinski definition) is 3. The summed E-state index contributed by atoms with van der Waals surface area (Å²) >= 11 is 0. The van der Waals surface area contributed by atoms with E-state index in [-0.39, 0.29) is 6.61 Å². The van der Waals surface area contributed by atoms with Gasteiger partial charge in [-0.15, -0.1) is 0 Å². The van der Waals surface area contributed by atoms with Crippen molar-refractivity contribution in [2.75, 3.05) is 38.3 Å². The van der Waals surface area contributed by atoms with E-state index in [1.807, 2.05) is 0 Å². The Morgan fingerprint density at radius 1 is 1.36 bits per heavy atom. The van der Waals surface area contributed by atoms with Crippen molar-refractivity contribution in [1.82, 2.24) is 5.32 Å². The second-order valence-corrected chi connectivity index (χ2v) is 4.25. The summed E-state index contributed by atoms with van der Waals surface area (Å²) in [7, 11) is -0.870. The second kappa shape index (κ2) is 7.19. The van der Waals surface area contributed by atoms with Gasteiger partial charge >= 0.3 is 6.18 Å². The minimum Gasteiger partial charge on any atom is -0.371 e. The van der Waals surface area contributed by atoms with Gasteiger partial charge in [0.15, 0.2) is 0 Å². The predicted octanol–water partition coefficient (Wildman–Crippen LogP) is 0.533. The molecule has 7 heteroatoms. The molecule has 1 unspecified atom stereocenters. The third-order valence-electron chi connectivity index (χ3n) is 1.26. The van der Waals surface area contributed by atoms with Gasteiger partial charge in [0.05, 0.1) is 6.61 Å². The van der Waals surface area contributed by atoms with Gasteiger partial charge in [-0.2, -0.15) is 13.2 Å². The highest BCUT2D eigenvalue weighted by atomic mass is 32.2. The van der Waals surface area contributed by atoms with Gasteiger partial charge in [0.1, 0.15) is 6.61 Å². The molecule has 0 fully saturated rings. The standard InChI is InChI=1S/C7H14F3NO2S/c1-14(12)5-3-11-2-4-13-6-7(8,9)10/h11H,2-6H2,1H3. The molecule has 1 atom stereocenters. The molecular weight excluding hydrogens is 219 g/mol. The molecule has 1 N–H and O–H groups in total. The molecule has 0 aromatic carbocycles. The van der Waals surface area contributed by atoms with Crippen LogP contribution in [-0.2, 0) is 15.5 Å². The summed E-state index contributed by atoms with van der Waals surface area (Å²) in [4.78, 5) is 0. The van der Waals surface area contributed by atoms with Crippen LogP contribution in [0.3, 0.4) is 0 Å². The summed E-state index contributed by atoms with van der Waals surface area (Å²) < 4.78 is 49.6. The maximum Gasteiger partial charge on any atom is 0.411 e. The quantitative estimate of drug-likeness (QED) is 0.652. The van der Waals surface area contributed by atoms with Gasteiger partial charge in [0.2, 0.25) is 0 Å². The molecule has 0 aliphatic rings. The fourth-order valence-corrected chi connectivity index (χ4v) is 1.10. The fraction of sp³-hybridized carbons (Fsp3) is 1.00. The van der Waals surface area contributed by atoms with E-state index in [4.69, 9.17) is 0 Å². The number of rotatable bonds is 7. The summed E-state index contributed by atoms with van der Waals surface area (Å²) in [6.07, 6.45) is -2.69. The minimum atomic E-state index is -4.26. The normalized spacial score (nSPS) is 14.3. The van der Waals surface area contributed by atoms with Gasteiger partial charge in [-0.1, -0.05) is 0 Å². The zero-order valence-electron chi connectivity index (χ0n) is 7.89. The molecule has 0 saturated heterocycles. The van der Waals surface area contributed by atoms with E-state index < -0.39 is 23.6 Å². The first-order chi connectivity index (χ1) is 6.42. The zero-order chi connectivity index (χ0) is 11.0. The van der Waals surface area contributed by atoms with Crippen molar-refractivity contribution < 1.29 is 22.1 Å². The molecule has 0 rings (SSSR count). The first-order valence-corrected chi connectivity index (χ1v) is 5.80. The number of ether oxygens (including phenoxy) is 1. The third-order valence-corrected chi connectivity index (χ3v) is 2.03. The van der Waals surface area contributed by atoms with Crippen LogP contribution < -0.4 is 5.32 Å². The Hall–Kier alpha value is -0.140. The van der Waals surface area contributed by atoms with Crippen LogP contribution in [0.2, 0.25) is 0 Å². The summed E-state index contributed by atoms with van der Waals surface area (Å²) in [5, 5.41) is 2.82. The molecule has 0 spiro atoms. The van der Waals surface area contributed by atoms with Crippen molar-refractivity contribution in [3.8, 4) is 0 Å². The number of nitrogens with one attached hydrogen (secondary N) is 1. The van der Waals surface area contributed by atoms with E-state index >= 15 is 0 Å². The van der Waals surface area contributed by atoms with Gasteiger partial charge in [-0.3, -0.25) is 4.21 Å². The van der Waals surface area contributed by atoms with Crippen molar-refractivity contribution >= 4 is 10.8 Å². The van der Waals surface area contributed by atoms with E-state index in [2.05, 4.69) is 10.1 Å². The van der Waals surface area contributed by atoms with Crippen molar-refractivity contribution in [3.05, 3.63) is 0 Å². The SMILES string of the molecule is CS(=O)CCNCCOCC(F)(F)F. The Kier molecular flexibility index (Phi) is 7.12. The van der Waals surface area contributed by atoms with Gasteiger partial charge in [0.25, 0.3) is 0 Å². The van der Waals surface area contributed by atoms with Gasteiger partial charge in [0, 0.05) is 35.9 Å². The summed E-state index contributed by atoms with van der Waals surface area (Å²) in [5.41, 5.74) is 0. The topological polar surface area (TPSA) is 38.3 Å². The van der Waals surface area contributed by atoms with Crippen LogP contribution in [0.1, 0.15) is 0 Å². The van der Waals surface area contributed by atoms with Gasteiger partial charge in [-0.05, 0) is 0 Å². The van der Waals surface area contributed by atoms with Crippen LogP contribution in [0.25, 0.3) is 0 Å². The molecular formula is C7H14F3NO2S. The average molecular weight is 233 g/mol. The van der Waals surface area contributed by atoms with Gasteiger partial charge < -0.3 is 10.1 Å². The first kappa shape index (κ1) is 13.9. The largest absolute Gasteiger partial charge is 0.411 e. The lowest BCUT2D eigenvalue weighted by atomic mass is 10.6. The molecule has 0 radical (unpaired) electrons. The Bertz CT molecular complexity index is 175. The van der Waals surface area contributed by atoms with Crippen molar-refractivity contribution in [2.24, 2.45) is 0 Å². The molecule has 0 aliphatic carbocycles. The van der Waals surface area contributed by atoms with Crippen molar-refractivity contribution in [2.45, 2.75) is 6.18 Å². The third kappa shape index (κ3) is 11.9. The van der Waals surface area contributed by atoms with E-state index in [9.17, 15) is 17.4 Å². The summed E-state index contributed by atoms with van der Waals surface area (Å²) in [6.45, 7) is -0.337. The zero-order valence-corrected chi connectivity index (χ0v) is 8.71. The van der Waals surface area contributed by atoms with Crippen LogP contribution in [0, 0.1) is 0 Å². The highest BCUT2D eigenvalue weighted by Crippen LogP contribution is 2.13. The van der Waals surface area contributed by atoms with Crippen LogP contribution in [0.15, 0.2) is 0 Å². The fourth-order valence-electron chi connectivity index (χ4n) is 0.673. The molecule has 0 amide bonds. The van der Waals surface area contributed by atoms with E-state index in [1.165, 1.54) is 0 Å². The molecule has 0 aliphatic heterocycles. The minimum absolute atomic E-state index is 0.00978.